The Balaban J connectivity index is 1.77. The van der Waals surface area contributed by atoms with E-state index >= 15 is 0 Å². The van der Waals surface area contributed by atoms with Gasteiger partial charge in [0.2, 0.25) is 5.12 Å². The summed E-state index contributed by atoms with van der Waals surface area (Å²) in [5.74, 6) is 0. The first-order valence-electron chi connectivity index (χ1n) is 11.6. The molecule has 1 aliphatic rings. The fraction of sp³-hybridized carbons (Fsp3) is 0.0333. The van der Waals surface area contributed by atoms with Crippen molar-refractivity contribution in [3.8, 4) is 28.1 Å². The third-order valence-electron chi connectivity index (χ3n) is 6.35. The van der Waals surface area contributed by atoms with Crippen LogP contribution in [0.25, 0.3) is 38.8 Å². The Labute approximate surface area is 212 Å². The Morgan fingerprint density at radius 1 is 0.667 bits per heavy atom. The molecular formula is C30H21N3O2S. The third-order valence-corrected chi connectivity index (χ3v) is 7.12. The molecule has 0 saturated carbocycles. The quantitative estimate of drug-likeness (QED) is 0.321. The van der Waals surface area contributed by atoms with Crippen molar-refractivity contribution in [1.29, 1.82) is 5.41 Å². The number of nitrogens with one attached hydrogen (secondary N) is 1. The van der Waals surface area contributed by atoms with E-state index in [1.54, 1.807) is 9.47 Å². The van der Waals surface area contributed by atoms with Crippen LogP contribution in [0.2, 0.25) is 0 Å². The van der Waals surface area contributed by atoms with Crippen LogP contribution in [0.15, 0.2) is 114 Å². The minimum absolute atomic E-state index is 0.0622. The molecule has 0 unspecified atom stereocenters. The van der Waals surface area contributed by atoms with Gasteiger partial charge in [-0.2, -0.15) is 0 Å². The second-order valence-electron chi connectivity index (χ2n) is 8.53. The van der Waals surface area contributed by atoms with E-state index in [2.05, 4.69) is 0 Å². The first-order valence-corrected chi connectivity index (χ1v) is 12.4. The number of anilines is 1. The smallest absolute Gasteiger partial charge is 0.263 e. The number of amidine groups is 1. The zero-order chi connectivity index (χ0) is 24.6. The molecule has 1 aliphatic heterocycles. The topological polar surface area (TPSA) is 66.2 Å². The molecule has 1 saturated heterocycles. The average Bonchev–Trinajstić information content (AvgIpc) is 3.27. The number of thioether (sulfide) groups is 1. The first-order chi connectivity index (χ1) is 17.6. The lowest BCUT2D eigenvalue weighted by Crippen LogP contribution is -2.24. The number of para-hydroxylation sites is 1. The molecule has 0 spiro atoms. The highest BCUT2D eigenvalue weighted by Crippen LogP contribution is 2.40. The SMILES string of the molecule is N=C1SC(=O)CN1c1ccc2c(=O)n(-c3ccccc3)c(-c3ccccc3)c(-c3ccccc3)c2c1. The van der Waals surface area contributed by atoms with E-state index < -0.39 is 0 Å². The maximum absolute atomic E-state index is 14.1. The minimum atomic E-state index is -0.122. The van der Waals surface area contributed by atoms with E-state index in [0.29, 0.717) is 5.39 Å². The first kappa shape index (κ1) is 22.1. The van der Waals surface area contributed by atoms with Gasteiger partial charge < -0.3 is 4.90 Å². The summed E-state index contributed by atoms with van der Waals surface area (Å²) in [6, 6.07) is 35.2. The molecule has 2 heterocycles. The van der Waals surface area contributed by atoms with E-state index in [1.807, 2.05) is 109 Å². The molecule has 1 aromatic heterocycles. The number of hydrogen-bond acceptors (Lipinski definition) is 4. The number of benzene rings is 4. The molecule has 0 bridgehead atoms. The van der Waals surface area contributed by atoms with E-state index in [9.17, 15) is 9.59 Å². The molecule has 4 aromatic carbocycles. The van der Waals surface area contributed by atoms with Crippen molar-refractivity contribution >= 4 is 38.5 Å². The van der Waals surface area contributed by atoms with E-state index in [-0.39, 0.29) is 22.4 Å². The molecule has 0 amide bonds. The highest BCUT2D eigenvalue weighted by molar-refractivity contribution is 8.27. The lowest BCUT2D eigenvalue weighted by Gasteiger charge is -2.22. The van der Waals surface area contributed by atoms with Crippen molar-refractivity contribution in [3.63, 3.8) is 0 Å². The summed E-state index contributed by atoms with van der Waals surface area (Å²) in [5.41, 5.74) is 5.00. The maximum atomic E-state index is 14.1. The summed E-state index contributed by atoms with van der Waals surface area (Å²) in [5, 5.41) is 9.76. The van der Waals surface area contributed by atoms with Gasteiger partial charge in [0.15, 0.2) is 5.17 Å². The van der Waals surface area contributed by atoms with Gasteiger partial charge in [0, 0.05) is 22.3 Å². The number of pyridine rings is 1. The molecular weight excluding hydrogens is 466 g/mol. The number of fused-ring (bicyclic) bond motifs is 1. The van der Waals surface area contributed by atoms with Crippen LogP contribution in [-0.4, -0.2) is 21.4 Å². The van der Waals surface area contributed by atoms with Crippen LogP contribution in [0.1, 0.15) is 0 Å². The highest BCUT2D eigenvalue weighted by Gasteiger charge is 2.28. The molecule has 174 valence electrons. The lowest BCUT2D eigenvalue weighted by molar-refractivity contribution is -0.109. The van der Waals surface area contributed by atoms with Crippen molar-refractivity contribution in [3.05, 3.63) is 120 Å². The number of carbonyl (C=O) groups excluding carboxylic acids is 1. The summed E-state index contributed by atoms with van der Waals surface area (Å²) in [7, 11) is 0. The average molecular weight is 488 g/mol. The van der Waals surface area contributed by atoms with Crippen LogP contribution in [-0.2, 0) is 4.79 Å². The molecule has 6 rings (SSSR count). The summed E-state index contributed by atoms with van der Waals surface area (Å²) < 4.78 is 1.79. The molecule has 6 heteroatoms. The van der Waals surface area contributed by atoms with E-state index in [0.717, 1.165) is 50.9 Å². The van der Waals surface area contributed by atoms with Gasteiger partial charge in [0.05, 0.1) is 12.2 Å². The van der Waals surface area contributed by atoms with Crippen LogP contribution in [0.5, 0.6) is 0 Å². The van der Waals surface area contributed by atoms with Crippen molar-refractivity contribution in [2.75, 3.05) is 11.4 Å². The van der Waals surface area contributed by atoms with Gasteiger partial charge in [-0.05, 0) is 58.6 Å². The van der Waals surface area contributed by atoms with Crippen LogP contribution < -0.4 is 10.5 Å². The minimum Gasteiger partial charge on any atom is -0.313 e. The fourth-order valence-corrected chi connectivity index (χ4v) is 5.44. The second-order valence-corrected chi connectivity index (χ2v) is 9.57. The zero-order valence-electron chi connectivity index (χ0n) is 19.2. The lowest BCUT2D eigenvalue weighted by atomic mass is 9.93. The third kappa shape index (κ3) is 3.72. The summed E-state index contributed by atoms with van der Waals surface area (Å²) in [4.78, 5) is 27.8. The Morgan fingerprint density at radius 2 is 1.28 bits per heavy atom. The molecule has 0 atom stereocenters. The van der Waals surface area contributed by atoms with Crippen molar-refractivity contribution in [2.45, 2.75) is 0 Å². The molecule has 0 radical (unpaired) electrons. The monoisotopic (exact) mass is 487 g/mol. The normalized spacial score (nSPS) is 13.5. The van der Waals surface area contributed by atoms with Gasteiger partial charge in [0.1, 0.15) is 0 Å². The second kappa shape index (κ2) is 8.98. The largest absolute Gasteiger partial charge is 0.313 e. The van der Waals surface area contributed by atoms with Crippen LogP contribution >= 0.6 is 11.8 Å². The molecule has 36 heavy (non-hydrogen) atoms. The maximum Gasteiger partial charge on any atom is 0.263 e. The van der Waals surface area contributed by atoms with Crippen molar-refractivity contribution < 1.29 is 4.79 Å². The summed E-state index contributed by atoms with van der Waals surface area (Å²) >= 11 is 0.937. The Hall–Kier alpha value is -4.42. The standard InChI is InChI=1S/C30H21N3O2S/c31-30-32(19-26(34)36-30)23-16-17-24-25(18-23)27(20-10-4-1-5-11-20)28(21-12-6-2-7-13-21)33(29(24)35)22-14-8-3-9-15-22/h1-18,31H,19H2. The van der Waals surface area contributed by atoms with E-state index in [1.165, 1.54) is 0 Å². The summed E-state index contributed by atoms with van der Waals surface area (Å²) in [6.07, 6.45) is 0. The number of rotatable bonds is 4. The molecule has 1 fully saturated rings. The fourth-order valence-electron chi connectivity index (χ4n) is 4.75. The van der Waals surface area contributed by atoms with Crippen LogP contribution in [0.3, 0.4) is 0 Å². The van der Waals surface area contributed by atoms with Gasteiger partial charge in [-0.3, -0.25) is 19.6 Å². The van der Waals surface area contributed by atoms with Gasteiger partial charge in [-0.1, -0.05) is 78.9 Å². The highest BCUT2D eigenvalue weighted by atomic mass is 32.2. The molecule has 0 aliphatic carbocycles. The Bertz CT molecular complexity index is 1680. The van der Waals surface area contributed by atoms with Crippen molar-refractivity contribution in [2.24, 2.45) is 0 Å². The molecule has 5 aromatic rings. The number of nitrogens with zero attached hydrogens (tertiary/aromatic N) is 2. The Morgan fingerprint density at radius 3 is 1.89 bits per heavy atom. The van der Waals surface area contributed by atoms with E-state index in [4.69, 9.17) is 5.41 Å². The predicted molar refractivity (Wildman–Crippen MR) is 148 cm³/mol. The number of hydrogen-bond donors (Lipinski definition) is 1. The number of carbonyl (C=O) groups is 1. The molecule has 1 N–H and O–H groups in total. The Kier molecular flexibility index (Phi) is 5.51. The summed E-state index contributed by atoms with van der Waals surface area (Å²) in [6.45, 7) is 0.141. The van der Waals surface area contributed by atoms with Gasteiger partial charge in [-0.25, -0.2) is 0 Å². The number of aromatic nitrogens is 1. The van der Waals surface area contributed by atoms with Crippen molar-refractivity contribution in [1.82, 2.24) is 4.57 Å². The van der Waals surface area contributed by atoms with Gasteiger partial charge in [0.25, 0.3) is 5.56 Å². The van der Waals surface area contributed by atoms with Gasteiger partial charge in [-0.15, -0.1) is 0 Å². The predicted octanol–water partition coefficient (Wildman–Crippen LogP) is 6.34. The van der Waals surface area contributed by atoms with Crippen LogP contribution in [0, 0.1) is 5.41 Å². The van der Waals surface area contributed by atoms with Gasteiger partial charge >= 0.3 is 0 Å². The van der Waals surface area contributed by atoms with Crippen LogP contribution in [0.4, 0.5) is 5.69 Å². The molecule has 5 nitrogen and oxygen atoms in total. The zero-order valence-corrected chi connectivity index (χ0v) is 20.0.